The molecule has 0 atom stereocenters. The van der Waals surface area contributed by atoms with Crippen molar-refractivity contribution < 1.29 is 0 Å². The van der Waals surface area contributed by atoms with E-state index in [1.165, 1.54) is 88.6 Å². The molecule has 322 valence electrons. The lowest BCUT2D eigenvalue weighted by Crippen LogP contribution is -2.09. The third-order valence-electron chi connectivity index (χ3n) is 10.6. The van der Waals surface area contributed by atoms with E-state index in [0.29, 0.717) is 0 Å². The predicted octanol–water partition coefficient (Wildman–Crippen LogP) is 17.6. The number of rotatable bonds is 7. The first-order valence-corrected chi connectivity index (χ1v) is 23.4. The third-order valence-corrected chi connectivity index (χ3v) is 11.7. The van der Waals surface area contributed by atoms with Gasteiger partial charge in [-0.2, -0.15) is 0 Å². The largest absolute Gasteiger partial charge is 0.388 e. The van der Waals surface area contributed by atoms with Crippen molar-refractivity contribution in [3.63, 3.8) is 0 Å². The summed E-state index contributed by atoms with van der Waals surface area (Å²) in [6.07, 6.45) is 15.4. The fraction of sp³-hybridized carbons (Fsp3) is 0.298. The molecule has 0 saturated heterocycles. The molecule has 0 fully saturated rings. The Hall–Kier alpha value is -5.58. The van der Waals surface area contributed by atoms with Crippen LogP contribution in [0.1, 0.15) is 116 Å². The smallest absolute Gasteiger partial charge is 0.0706 e. The molecule has 61 heavy (non-hydrogen) atoms. The predicted molar refractivity (Wildman–Crippen MR) is 280 cm³/mol. The summed E-state index contributed by atoms with van der Waals surface area (Å²) >= 11 is 1.85. The van der Waals surface area contributed by atoms with Crippen molar-refractivity contribution in [2.75, 3.05) is 18.2 Å². The summed E-state index contributed by atoms with van der Waals surface area (Å²) in [5.41, 5.74) is 15.6. The number of allylic oxidation sites excluding steroid dienone is 7. The number of para-hydroxylation sites is 1. The van der Waals surface area contributed by atoms with Gasteiger partial charge in [-0.05, 0) is 129 Å². The Kier molecular flexibility index (Phi) is 21.1. The highest BCUT2D eigenvalue weighted by atomic mass is 32.1. The Morgan fingerprint density at radius 3 is 1.87 bits per heavy atom. The molecule has 0 unspecified atom stereocenters. The first-order chi connectivity index (χ1) is 29.8. The summed E-state index contributed by atoms with van der Waals surface area (Å²) in [5, 5.41) is 6.99. The number of anilines is 1. The zero-order valence-electron chi connectivity index (χ0n) is 39.5. The van der Waals surface area contributed by atoms with Crippen molar-refractivity contribution in [2.45, 2.75) is 109 Å². The highest BCUT2D eigenvalue weighted by Crippen LogP contribution is 2.38. The van der Waals surface area contributed by atoms with Crippen molar-refractivity contribution >= 4 is 59.7 Å². The van der Waals surface area contributed by atoms with E-state index in [9.17, 15) is 0 Å². The minimum atomic E-state index is 0.965. The van der Waals surface area contributed by atoms with Gasteiger partial charge in [0.2, 0.25) is 0 Å². The summed E-state index contributed by atoms with van der Waals surface area (Å²) in [6, 6.07) is 39.2. The van der Waals surface area contributed by atoms with E-state index in [0.717, 1.165) is 24.1 Å². The molecule has 1 aliphatic rings. The van der Waals surface area contributed by atoms with Gasteiger partial charge in [0, 0.05) is 38.3 Å². The highest BCUT2D eigenvalue weighted by molar-refractivity contribution is 7.25. The topological polar surface area (TPSA) is 43.0 Å². The number of hydrogen-bond acceptors (Lipinski definition) is 3. The van der Waals surface area contributed by atoms with Gasteiger partial charge in [0.25, 0.3) is 0 Å². The van der Waals surface area contributed by atoms with Crippen LogP contribution in [0.3, 0.4) is 0 Å². The second kappa shape index (κ2) is 25.9. The number of nitrogen functional groups attached to an aromatic ring is 1. The van der Waals surface area contributed by atoms with Gasteiger partial charge in [-0.15, -0.1) is 11.3 Å². The van der Waals surface area contributed by atoms with Crippen LogP contribution in [0, 0.1) is 13.8 Å². The fourth-order valence-corrected chi connectivity index (χ4v) is 8.65. The van der Waals surface area contributed by atoms with E-state index >= 15 is 0 Å². The first-order valence-electron chi connectivity index (χ1n) is 22.6. The van der Waals surface area contributed by atoms with Crippen molar-refractivity contribution in [3.05, 3.63) is 173 Å². The number of hydrogen-bond donors (Lipinski definition) is 2. The number of aromatic nitrogens is 1. The zero-order valence-corrected chi connectivity index (χ0v) is 40.4. The van der Waals surface area contributed by atoms with E-state index in [4.69, 9.17) is 5.84 Å². The summed E-state index contributed by atoms with van der Waals surface area (Å²) in [6.45, 7) is 24.8. The Morgan fingerprint density at radius 1 is 0.639 bits per heavy atom. The average molecular weight is 832 g/mol. The Bertz CT molecular complexity index is 2540. The van der Waals surface area contributed by atoms with Crippen LogP contribution in [0.25, 0.3) is 53.9 Å². The van der Waals surface area contributed by atoms with Gasteiger partial charge in [0.05, 0.1) is 11.2 Å². The summed E-state index contributed by atoms with van der Waals surface area (Å²) in [5.74, 6) is 6.46. The Morgan fingerprint density at radius 2 is 1.25 bits per heavy atom. The number of fused-ring (bicyclic) bond motifs is 4. The monoisotopic (exact) mass is 832 g/mol. The molecule has 8 rings (SSSR count). The quantitative estimate of drug-likeness (QED) is 0.157. The fourth-order valence-electron chi connectivity index (χ4n) is 7.56. The molecule has 0 bridgehead atoms. The zero-order chi connectivity index (χ0) is 44.9. The van der Waals surface area contributed by atoms with Crippen molar-refractivity contribution in [2.24, 2.45) is 0 Å². The second-order valence-electron chi connectivity index (χ2n) is 14.1. The normalized spacial score (nSPS) is 12.0. The lowest BCUT2D eigenvalue weighted by atomic mass is 9.87. The minimum absolute atomic E-state index is 0.965. The van der Waals surface area contributed by atoms with E-state index in [1.807, 2.05) is 89.7 Å². The van der Waals surface area contributed by atoms with Gasteiger partial charge in [0.1, 0.15) is 0 Å². The number of nitrogens with zero attached hydrogens (tertiary/aromatic N) is 1. The number of nitrogens with one attached hydrogen (secondary N) is 1. The van der Waals surface area contributed by atoms with Crippen molar-refractivity contribution in [3.8, 4) is 11.1 Å². The molecule has 0 saturated carbocycles. The van der Waals surface area contributed by atoms with Gasteiger partial charge in [-0.1, -0.05) is 170 Å². The van der Waals surface area contributed by atoms with E-state index in [1.54, 1.807) is 5.57 Å². The van der Waals surface area contributed by atoms with Gasteiger partial charge in [-0.25, -0.2) is 0 Å². The molecule has 2 aromatic heterocycles. The molecule has 0 aliphatic heterocycles. The lowest BCUT2D eigenvalue weighted by Gasteiger charge is -2.18. The number of thiophene rings is 1. The Balaban J connectivity index is 0.000000258. The Labute approximate surface area is 373 Å². The molecular weight excluding hydrogens is 759 g/mol. The van der Waals surface area contributed by atoms with E-state index in [2.05, 4.69) is 161 Å². The maximum atomic E-state index is 6.46. The van der Waals surface area contributed by atoms with Crippen molar-refractivity contribution in [1.82, 2.24) is 4.68 Å². The van der Waals surface area contributed by atoms with E-state index < -0.39 is 0 Å². The van der Waals surface area contributed by atoms with Crippen LogP contribution < -0.4 is 11.2 Å². The average Bonchev–Trinajstić information content (AvgIpc) is 3.82. The first kappa shape index (κ1) is 49.8. The minimum Gasteiger partial charge on any atom is -0.388 e. The third kappa shape index (κ3) is 12.5. The molecule has 0 amide bonds. The maximum absolute atomic E-state index is 6.46. The molecule has 5 aromatic carbocycles. The molecular formula is C57H73N3S. The molecule has 7 aromatic rings. The molecule has 4 heteroatoms. The van der Waals surface area contributed by atoms with Crippen LogP contribution in [0.5, 0.6) is 0 Å². The molecule has 3 nitrogen and oxygen atoms in total. The molecule has 3 N–H and O–H groups in total. The van der Waals surface area contributed by atoms with Crippen LogP contribution in [0.15, 0.2) is 145 Å². The SMILES string of the molecule is C/C=C\C1=C(CC)CCC(c2ccc(C)cc2)=C1.C/C=C\c1c(CC)c2ccc(-c3ccc4sc5ccccc5c4c3)cc2n1N.CC.CC.CC.CNc1ccccc1C. The van der Waals surface area contributed by atoms with Gasteiger partial charge in [0.15, 0.2) is 0 Å². The number of nitrogens with two attached hydrogens (primary N) is 1. The maximum Gasteiger partial charge on any atom is 0.0706 e. The van der Waals surface area contributed by atoms with Crippen LogP contribution in [0.4, 0.5) is 5.69 Å². The van der Waals surface area contributed by atoms with Gasteiger partial charge >= 0.3 is 0 Å². The summed E-state index contributed by atoms with van der Waals surface area (Å²) in [4.78, 5) is 0. The van der Waals surface area contributed by atoms with E-state index in [-0.39, 0.29) is 0 Å². The highest BCUT2D eigenvalue weighted by Gasteiger charge is 2.15. The molecule has 2 heterocycles. The van der Waals surface area contributed by atoms with Gasteiger partial charge in [-0.3, -0.25) is 4.68 Å². The standard InChI is InChI=1S/C25H22N2S.C18H22.C8H11N.3C2H6/c1-3-7-22-18(4-2)19-12-10-17(15-23(19)27(22)26)16-11-13-25-21(14-16)20-8-5-6-9-24(20)28-25;1-4-6-17-13-18(12-11-15(17)5-2)16-9-7-14(3)8-10-16;1-7-5-3-4-6-8(7)9-2;3*1-2/h3,5-15H,4,26H2,1-2H3;4,6-10,13H,5,11-12H2,1-3H3;3-6,9H,1-2H3;3*1-2H3/b7-3-;6-4-;;;;. The van der Waals surface area contributed by atoms with Crippen LogP contribution >= 0.6 is 11.3 Å². The molecule has 0 spiro atoms. The van der Waals surface area contributed by atoms with Gasteiger partial charge < -0.3 is 11.2 Å². The van der Waals surface area contributed by atoms with Crippen LogP contribution in [0.2, 0.25) is 0 Å². The molecule has 0 radical (unpaired) electrons. The second-order valence-corrected chi connectivity index (χ2v) is 15.2. The molecule has 1 aliphatic carbocycles. The van der Waals surface area contributed by atoms with Crippen LogP contribution in [-0.4, -0.2) is 11.7 Å². The lowest BCUT2D eigenvalue weighted by molar-refractivity contribution is 0.894. The van der Waals surface area contributed by atoms with Crippen molar-refractivity contribution in [1.29, 1.82) is 0 Å². The number of benzene rings is 5. The summed E-state index contributed by atoms with van der Waals surface area (Å²) in [7, 11) is 1.93. The van der Waals surface area contributed by atoms with Crippen LogP contribution in [-0.2, 0) is 6.42 Å². The summed E-state index contributed by atoms with van der Waals surface area (Å²) < 4.78 is 4.50. The number of aryl methyl sites for hydroxylation is 3.